The fourth-order valence-corrected chi connectivity index (χ4v) is 2.85. The van der Waals surface area contributed by atoms with E-state index in [1.807, 2.05) is 12.1 Å². The van der Waals surface area contributed by atoms with Gasteiger partial charge in [0, 0.05) is 19.5 Å². The van der Waals surface area contributed by atoms with Crippen molar-refractivity contribution >= 4 is 5.91 Å². The van der Waals surface area contributed by atoms with Crippen LogP contribution in [0.1, 0.15) is 36.0 Å². The van der Waals surface area contributed by atoms with Crippen molar-refractivity contribution in [2.45, 2.75) is 46.3 Å². The summed E-state index contributed by atoms with van der Waals surface area (Å²) in [5, 5.41) is 3.33. The molecular formula is C16H22F2N2O2. The zero-order valence-electron chi connectivity index (χ0n) is 12.9. The van der Waals surface area contributed by atoms with Gasteiger partial charge in [0.2, 0.25) is 5.91 Å². The first kappa shape index (κ1) is 16.7. The average Bonchev–Trinajstić information content (AvgIpc) is 3.12. The number of hydrogen-bond acceptors (Lipinski definition) is 3. The second kappa shape index (κ2) is 6.60. The van der Waals surface area contributed by atoms with Gasteiger partial charge in [-0.3, -0.25) is 4.79 Å². The molecule has 0 aliphatic heterocycles. The minimum Gasteiger partial charge on any atom is -0.434 e. The van der Waals surface area contributed by atoms with Gasteiger partial charge in [0.1, 0.15) is 5.75 Å². The third kappa shape index (κ3) is 4.40. The Labute approximate surface area is 129 Å². The van der Waals surface area contributed by atoms with Gasteiger partial charge in [-0.15, -0.1) is 0 Å². The van der Waals surface area contributed by atoms with Crippen molar-refractivity contribution in [1.29, 1.82) is 0 Å². The second-order valence-electron chi connectivity index (χ2n) is 6.18. The van der Waals surface area contributed by atoms with E-state index in [1.54, 1.807) is 13.8 Å². The Kier molecular flexibility index (Phi) is 5.01. The first-order valence-electron chi connectivity index (χ1n) is 7.35. The predicted octanol–water partition coefficient (Wildman–Crippen LogP) is 2.65. The van der Waals surface area contributed by atoms with Gasteiger partial charge in [-0.2, -0.15) is 8.78 Å². The number of primary amides is 1. The van der Waals surface area contributed by atoms with E-state index >= 15 is 0 Å². The molecule has 0 saturated heterocycles. The Morgan fingerprint density at radius 3 is 2.41 bits per heavy atom. The highest BCUT2D eigenvalue weighted by Gasteiger charge is 2.43. The van der Waals surface area contributed by atoms with Crippen LogP contribution in [0.15, 0.2) is 12.1 Å². The number of rotatable bonds is 8. The smallest absolute Gasteiger partial charge is 0.387 e. The number of carbonyl (C=O) groups is 1. The van der Waals surface area contributed by atoms with Crippen LogP contribution in [0.5, 0.6) is 5.75 Å². The molecule has 1 aliphatic carbocycles. The summed E-state index contributed by atoms with van der Waals surface area (Å²) in [5.41, 5.74) is 7.66. The van der Waals surface area contributed by atoms with Gasteiger partial charge >= 0.3 is 6.61 Å². The van der Waals surface area contributed by atoms with Crippen molar-refractivity contribution in [1.82, 2.24) is 5.32 Å². The number of hydrogen-bond donors (Lipinski definition) is 2. The Morgan fingerprint density at radius 2 is 1.95 bits per heavy atom. The largest absolute Gasteiger partial charge is 0.434 e. The number of aryl methyl sites for hydroxylation is 2. The second-order valence-corrected chi connectivity index (χ2v) is 6.18. The van der Waals surface area contributed by atoms with Gasteiger partial charge < -0.3 is 15.8 Å². The molecule has 122 valence electrons. The number of halogens is 2. The van der Waals surface area contributed by atoms with Crippen LogP contribution < -0.4 is 15.8 Å². The van der Waals surface area contributed by atoms with Crippen LogP contribution in [0.3, 0.4) is 0 Å². The van der Waals surface area contributed by atoms with Crippen LogP contribution in [0, 0.1) is 19.3 Å². The molecule has 22 heavy (non-hydrogen) atoms. The molecule has 1 aliphatic rings. The molecule has 2 rings (SSSR count). The number of nitrogens with two attached hydrogens (primary N) is 1. The van der Waals surface area contributed by atoms with Crippen molar-refractivity contribution in [2.24, 2.45) is 11.1 Å². The highest BCUT2D eigenvalue weighted by atomic mass is 19.3. The number of nitrogens with one attached hydrogen (secondary N) is 1. The summed E-state index contributed by atoms with van der Waals surface area (Å²) < 4.78 is 29.2. The monoisotopic (exact) mass is 312 g/mol. The molecule has 1 aromatic carbocycles. The molecule has 0 spiro atoms. The molecule has 1 saturated carbocycles. The maximum Gasteiger partial charge on any atom is 0.387 e. The Morgan fingerprint density at radius 1 is 1.36 bits per heavy atom. The van der Waals surface area contributed by atoms with Crippen LogP contribution in [-0.4, -0.2) is 19.1 Å². The standard InChI is InChI=1S/C16H22F2N2O2/c1-10-5-12(6-11(2)14(10)22-15(17)18)8-20-9-16(3-4-16)7-13(19)21/h5-6,15,20H,3-4,7-9H2,1-2H3,(H2,19,21). The molecule has 0 bridgehead atoms. The molecule has 1 aromatic rings. The maximum absolute atomic E-state index is 12.4. The van der Waals surface area contributed by atoms with Gasteiger partial charge in [0.25, 0.3) is 0 Å². The van der Waals surface area contributed by atoms with E-state index in [0.717, 1.165) is 24.9 Å². The van der Waals surface area contributed by atoms with E-state index in [4.69, 9.17) is 5.73 Å². The van der Waals surface area contributed by atoms with E-state index in [1.165, 1.54) is 0 Å². The summed E-state index contributed by atoms with van der Waals surface area (Å²) in [6.07, 6.45) is 2.45. The average molecular weight is 312 g/mol. The van der Waals surface area contributed by atoms with Crippen molar-refractivity contribution < 1.29 is 18.3 Å². The van der Waals surface area contributed by atoms with E-state index in [-0.39, 0.29) is 17.1 Å². The van der Waals surface area contributed by atoms with Gasteiger partial charge in [0.15, 0.2) is 0 Å². The number of amides is 1. The summed E-state index contributed by atoms with van der Waals surface area (Å²) in [5.74, 6) is -0.0226. The van der Waals surface area contributed by atoms with E-state index in [9.17, 15) is 13.6 Å². The van der Waals surface area contributed by atoms with Crippen LogP contribution in [0.4, 0.5) is 8.78 Å². The van der Waals surface area contributed by atoms with Crippen LogP contribution >= 0.6 is 0 Å². The quantitative estimate of drug-likeness (QED) is 0.775. The Balaban J connectivity index is 1.92. The topological polar surface area (TPSA) is 64.3 Å². The lowest BCUT2D eigenvalue weighted by atomic mass is 10.0. The summed E-state index contributed by atoms with van der Waals surface area (Å²) in [7, 11) is 0. The highest BCUT2D eigenvalue weighted by molar-refractivity contribution is 5.75. The minimum absolute atomic E-state index is 0.0225. The highest BCUT2D eigenvalue weighted by Crippen LogP contribution is 2.48. The first-order valence-corrected chi connectivity index (χ1v) is 7.35. The third-order valence-corrected chi connectivity index (χ3v) is 4.06. The van der Waals surface area contributed by atoms with Crippen LogP contribution in [0.25, 0.3) is 0 Å². The molecule has 0 heterocycles. The molecule has 0 unspecified atom stereocenters. The zero-order chi connectivity index (χ0) is 16.3. The molecule has 3 N–H and O–H groups in total. The summed E-state index contributed by atoms with van der Waals surface area (Å²) >= 11 is 0. The fourth-order valence-electron chi connectivity index (χ4n) is 2.85. The lowest BCUT2D eigenvalue weighted by molar-refractivity contribution is -0.119. The lowest BCUT2D eigenvalue weighted by Gasteiger charge is -2.16. The Bertz CT molecular complexity index is 534. The van der Waals surface area contributed by atoms with Gasteiger partial charge in [0.05, 0.1) is 0 Å². The first-order chi connectivity index (χ1) is 10.3. The van der Waals surface area contributed by atoms with Crippen LogP contribution in [-0.2, 0) is 11.3 Å². The number of ether oxygens (including phenoxy) is 1. The minimum atomic E-state index is -2.81. The van der Waals surface area contributed by atoms with E-state index < -0.39 is 6.61 Å². The van der Waals surface area contributed by atoms with Crippen molar-refractivity contribution in [3.63, 3.8) is 0 Å². The number of carbonyl (C=O) groups excluding carboxylic acids is 1. The van der Waals surface area contributed by atoms with Crippen molar-refractivity contribution in [2.75, 3.05) is 6.54 Å². The van der Waals surface area contributed by atoms with E-state index in [0.29, 0.717) is 24.1 Å². The predicted molar refractivity (Wildman–Crippen MR) is 79.7 cm³/mol. The molecular weight excluding hydrogens is 290 g/mol. The molecule has 4 nitrogen and oxygen atoms in total. The van der Waals surface area contributed by atoms with Crippen molar-refractivity contribution in [3.05, 3.63) is 28.8 Å². The molecule has 1 amide bonds. The van der Waals surface area contributed by atoms with Crippen molar-refractivity contribution in [3.8, 4) is 5.75 Å². The van der Waals surface area contributed by atoms with Gasteiger partial charge in [-0.25, -0.2) is 0 Å². The molecule has 0 aromatic heterocycles. The van der Waals surface area contributed by atoms with E-state index in [2.05, 4.69) is 10.1 Å². The van der Waals surface area contributed by atoms with Gasteiger partial charge in [-0.05, 0) is 48.8 Å². The maximum atomic E-state index is 12.4. The SMILES string of the molecule is Cc1cc(CNCC2(CC(N)=O)CC2)cc(C)c1OC(F)F. The molecule has 1 fully saturated rings. The number of alkyl halides is 2. The summed E-state index contributed by atoms with van der Waals surface area (Å²) in [4.78, 5) is 11.0. The third-order valence-electron chi connectivity index (χ3n) is 4.06. The molecule has 0 radical (unpaired) electrons. The zero-order valence-corrected chi connectivity index (χ0v) is 12.9. The molecule has 0 atom stereocenters. The fraction of sp³-hybridized carbons (Fsp3) is 0.562. The normalized spacial score (nSPS) is 15.9. The molecule has 6 heteroatoms. The van der Waals surface area contributed by atoms with Crippen LogP contribution in [0.2, 0.25) is 0 Å². The Hall–Kier alpha value is -1.69. The summed E-state index contributed by atoms with van der Waals surface area (Å²) in [6.45, 7) is 2.05. The summed E-state index contributed by atoms with van der Waals surface area (Å²) in [6, 6.07) is 3.68. The van der Waals surface area contributed by atoms with Gasteiger partial charge in [-0.1, -0.05) is 12.1 Å². The lowest BCUT2D eigenvalue weighted by Crippen LogP contribution is -2.28. The number of benzene rings is 1.